The fourth-order valence-corrected chi connectivity index (χ4v) is 10.0. The van der Waals surface area contributed by atoms with Gasteiger partial charge in [-0.1, -0.05) is 153 Å². The molecule has 0 atom stereocenters. The maximum Gasteiger partial charge on any atom is -0.000138 e. The Morgan fingerprint density at radius 3 is 0.731 bits per heavy atom. The van der Waals surface area contributed by atoms with E-state index in [-0.39, 0.29) is 0 Å². The standard InChI is InChI=1S/C52H62/c1-5-9-13-17-21-35-25-39-33-40-26-37(23-19-15-11-7-3)31-45-46-32-38(24-20-16-12-8-4)28-42-34-41-27-36(22-18-14-10-6-2)30-44-43(29-35)47(39)51(49(40)45)52(48(41)44)50(42)46/h25-34H,5-24H2,1-4H3. The quantitative estimate of drug-likeness (QED) is 0.0425. The van der Waals surface area contributed by atoms with Crippen LogP contribution in [0.1, 0.15) is 153 Å². The van der Waals surface area contributed by atoms with Crippen LogP contribution in [0.2, 0.25) is 0 Å². The molecule has 0 bridgehead atoms. The molecular weight excluding hydrogens is 625 g/mol. The van der Waals surface area contributed by atoms with Crippen molar-refractivity contribution in [1.82, 2.24) is 0 Å². The first-order valence-electron chi connectivity index (χ1n) is 21.8. The summed E-state index contributed by atoms with van der Waals surface area (Å²) < 4.78 is 0. The molecule has 0 aliphatic rings. The highest BCUT2D eigenvalue weighted by Gasteiger charge is 2.24. The Balaban J connectivity index is 1.44. The Morgan fingerprint density at radius 2 is 0.500 bits per heavy atom. The molecule has 0 unspecified atom stereocenters. The molecule has 0 N–H and O–H groups in total. The molecule has 8 aromatic rings. The molecule has 8 aromatic carbocycles. The van der Waals surface area contributed by atoms with Crippen LogP contribution in [0.3, 0.4) is 0 Å². The van der Waals surface area contributed by atoms with Crippen molar-refractivity contribution in [3.8, 4) is 0 Å². The molecule has 52 heavy (non-hydrogen) atoms. The van der Waals surface area contributed by atoms with Gasteiger partial charge >= 0.3 is 0 Å². The van der Waals surface area contributed by atoms with E-state index < -0.39 is 0 Å². The number of aryl methyl sites for hydroxylation is 4. The molecule has 0 radical (unpaired) electrons. The van der Waals surface area contributed by atoms with Gasteiger partial charge in [-0.25, -0.2) is 0 Å². The molecule has 0 heterocycles. The highest BCUT2D eigenvalue weighted by atomic mass is 14.3. The van der Waals surface area contributed by atoms with Crippen molar-refractivity contribution in [3.05, 3.63) is 82.9 Å². The van der Waals surface area contributed by atoms with Crippen molar-refractivity contribution in [3.63, 3.8) is 0 Å². The van der Waals surface area contributed by atoms with Gasteiger partial charge in [-0.15, -0.1) is 0 Å². The summed E-state index contributed by atoms with van der Waals surface area (Å²) >= 11 is 0. The van der Waals surface area contributed by atoms with Crippen LogP contribution in [0.15, 0.2) is 60.7 Å². The van der Waals surface area contributed by atoms with Gasteiger partial charge in [-0.3, -0.25) is 0 Å². The first kappa shape index (κ1) is 35.4. The first-order valence-corrected chi connectivity index (χ1v) is 21.8. The van der Waals surface area contributed by atoms with Gasteiger partial charge < -0.3 is 0 Å². The van der Waals surface area contributed by atoms with Gasteiger partial charge in [0, 0.05) is 0 Å². The van der Waals surface area contributed by atoms with E-state index in [1.807, 2.05) is 0 Å². The zero-order valence-electron chi connectivity index (χ0n) is 32.9. The van der Waals surface area contributed by atoms with Crippen LogP contribution >= 0.6 is 0 Å². The summed E-state index contributed by atoms with van der Waals surface area (Å²) in [7, 11) is 0. The highest BCUT2D eigenvalue weighted by Crippen LogP contribution is 2.52. The van der Waals surface area contributed by atoms with Crippen molar-refractivity contribution in [1.29, 1.82) is 0 Å². The van der Waals surface area contributed by atoms with E-state index in [1.54, 1.807) is 0 Å². The van der Waals surface area contributed by atoms with E-state index in [2.05, 4.69) is 88.4 Å². The normalized spacial score (nSPS) is 12.6. The number of unbranched alkanes of at least 4 members (excludes halogenated alkanes) is 12. The zero-order valence-corrected chi connectivity index (χ0v) is 32.9. The van der Waals surface area contributed by atoms with Crippen molar-refractivity contribution >= 4 is 75.4 Å². The van der Waals surface area contributed by atoms with Crippen molar-refractivity contribution in [2.24, 2.45) is 0 Å². The number of benzene rings is 8. The van der Waals surface area contributed by atoms with E-state index >= 15 is 0 Å². The van der Waals surface area contributed by atoms with Crippen LogP contribution in [-0.4, -0.2) is 0 Å². The number of hydrogen-bond acceptors (Lipinski definition) is 0. The Bertz CT molecular complexity index is 2070. The minimum Gasteiger partial charge on any atom is -0.0654 e. The number of fused-ring (bicyclic) bond motifs is 2. The third kappa shape index (κ3) is 6.58. The van der Waals surface area contributed by atoms with Crippen LogP contribution in [0.5, 0.6) is 0 Å². The lowest BCUT2D eigenvalue weighted by atomic mass is 9.78. The molecule has 0 nitrogen and oxygen atoms in total. The molecule has 270 valence electrons. The minimum absolute atomic E-state index is 1.18. The molecule has 0 spiro atoms. The maximum atomic E-state index is 2.62. The molecule has 0 aliphatic carbocycles. The Kier molecular flexibility index (Phi) is 10.7. The second kappa shape index (κ2) is 15.8. The first-order chi connectivity index (χ1) is 25.6. The lowest BCUT2D eigenvalue weighted by molar-refractivity contribution is 0.667. The molecule has 0 saturated carbocycles. The van der Waals surface area contributed by atoms with E-state index in [4.69, 9.17) is 0 Å². The minimum atomic E-state index is 1.18. The van der Waals surface area contributed by atoms with Gasteiger partial charge in [-0.05, 0) is 161 Å². The maximum absolute atomic E-state index is 2.62. The summed E-state index contributed by atoms with van der Waals surface area (Å²) in [5, 5.41) is 21.0. The molecule has 0 fully saturated rings. The number of rotatable bonds is 20. The highest BCUT2D eigenvalue weighted by molar-refractivity contribution is 6.48. The zero-order chi connectivity index (χ0) is 35.6. The second-order valence-corrected chi connectivity index (χ2v) is 16.7. The van der Waals surface area contributed by atoms with Crippen molar-refractivity contribution < 1.29 is 0 Å². The fraction of sp³-hybridized carbons (Fsp3) is 0.462. The van der Waals surface area contributed by atoms with Crippen LogP contribution in [-0.2, 0) is 25.7 Å². The Hall–Kier alpha value is -3.64. The van der Waals surface area contributed by atoms with Crippen LogP contribution in [0.25, 0.3) is 75.4 Å². The van der Waals surface area contributed by atoms with Crippen LogP contribution in [0, 0.1) is 0 Å². The van der Waals surface area contributed by atoms with Crippen molar-refractivity contribution in [2.75, 3.05) is 0 Å². The molecule has 0 aliphatic heterocycles. The van der Waals surface area contributed by atoms with Gasteiger partial charge in [0.25, 0.3) is 0 Å². The van der Waals surface area contributed by atoms with E-state index in [9.17, 15) is 0 Å². The van der Waals surface area contributed by atoms with Crippen molar-refractivity contribution in [2.45, 2.75) is 156 Å². The monoisotopic (exact) mass is 686 g/mol. The smallest absolute Gasteiger partial charge is 0.000138 e. The SMILES string of the molecule is CCCCCCc1cc2cc3cc(CCCCCC)cc4c5cc(CCCCCC)cc6cc7cc(CCCCCC)cc8c(c1)c2c(c34)c(c78)c65. The largest absolute Gasteiger partial charge is 0.0654 e. The van der Waals surface area contributed by atoms with Gasteiger partial charge in [0.05, 0.1) is 0 Å². The average molecular weight is 687 g/mol. The topological polar surface area (TPSA) is 0 Å². The summed E-state index contributed by atoms with van der Waals surface area (Å²) in [5.41, 5.74) is 6.10. The summed E-state index contributed by atoms with van der Waals surface area (Å²) in [6.45, 7) is 9.30. The molecule has 0 saturated heterocycles. The van der Waals surface area contributed by atoms with Gasteiger partial charge in [0.15, 0.2) is 0 Å². The third-order valence-corrected chi connectivity index (χ3v) is 12.6. The molecule has 0 heteroatoms. The second-order valence-electron chi connectivity index (χ2n) is 16.7. The fourth-order valence-electron chi connectivity index (χ4n) is 10.0. The van der Waals surface area contributed by atoms with Crippen LogP contribution in [0.4, 0.5) is 0 Å². The van der Waals surface area contributed by atoms with Gasteiger partial charge in [-0.2, -0.15) is 0 Å². The predicted molar refractivity (Wildman–Crippen MR) is 234 cm³/mol. The summed E-state index contributed by atoms with van der Waals surface area (Å²) in [6.07, 6.45) is 25.6. The Labute approximate surface area is 313 Å². The molecule has 0 aromatic heterocycles. The predicted octanol–water partition coefficient (Wildman–Crippen LogP) is 16.6. The van der Waals surface area contributed by atoms with E-state index in [1.165, 1.54) is 226 Å². The molecule has 8 rings (SSSR count). The van der Waals surface area contributed by atoms with Gasteiger partial charge in [0.2, 0.25) is 0 Å². The number of hydrogen-bond donors (Lipinski definition) is 0. The Morgan fingerprint density at radius 1 is 0.250 bits per heavy atom. The summed E-state index contributed by atoms with van der Waals surface area (Å²) in [6, 6.07) is 26.0. The average Bonchev–Trinajstić information content (AvgIpc) is 3.15. The molecule has 0 amide bonds. The van der Waals surface area contributed by atoms with Crippen LogP contribution < -0.4 is 0 Å². The molecular formula is C52H62. The third-order valence-electron chi connectivity index (χ3n) is 12.6. The lowest BCUT2D eigenvalue weighted by Crippen LogP contribution is -1.99. The van der Waals surface area contributed by atoms with E-state index in [0.29, 0.717) is 0 Å². The summed E-state index contributed by atoms with van der Waals surface area (Å²) in [4.78, 5) is 0. The summed E-state index contributed by atoms with van der Waals surface area (Å²) in [5.74, 6) is 0. The van der Waals surface area contributed by atoms with Gasteiger partial charge in [0.1, 0.15) is 0 Å². The van der Waals surface area contributed by atoms with E-state index in [0.717, 1.165) is 0 Å². The lowest BCUT2D eigenvalue weighted by Gasteiger charge is -2.24.